The van der Waals surface area contributed by atoms with Crippen molar-refractivity contribution < 1.29 is 0 Å². The largest absolute Gasteiger partial charge is 0.369 e. The van der Waals surface area contributed by atoms with Gasteiger partial charge in [-0.05, 0) is 31.5 Å². The molecule has 1 saturated heterocycles. The number of benzene rings is 1. The molecule has 1 fully saturated rings. The number of hydrogen-bond acceptors (Lipinski definition) is 3. The number of hydrogen-bond donors (Lipinski definition) is 0. The highest BCUT2D eigenvalue weighted by Gasteiger charge is 2.14. The molecule has 0 amide bonds. The minimum Gasteiger partial charge on any atom is -0.369 e. The zero-order valence-corrected chi connectivity index (χ0v) is 11.3. The van der Waals surface area contributed by atoms with Crippen LogP contribution < -0.4 is 4.90 Å². The smallest absolute Gasteiger partial charge is 0.0543 e. The molecule has 0 N–H and O–H groups in total. The fraction of sp³-hybridized carbons (Fsp3) is 0.500. The van der Waals surface area contributed by atoms with Crippen molar-refractivity contribution in [3.05, 3.63) is 23.2 Å². The molecule has 88 valence electrons. The molecule has 1 aliphatic heterocycles. The summed E-state index contributed by atoms with van der Waals surface area (Å²) < 4.78 is 0. The van der Waals surface area contributed by atoms with Gasteiger partial charge in [0.1, 0.15) is 0 Å². The maximum atomic E-state index is 6.11. The van der Waals surface area contributed by atoms with Crippen LogP contribution in [0.5, 0.6) is 0 Å². The molecule has 1 aromatic rings. The zero-order valence-electron chi connectivity index (χ0n) is 9.74. The third kappa shape index (κ3) is 2.65. The lowest BCUT2D eigenvalue weighted by Crippen LogP contribution is -2.44. The first-order valence-corrected chi connectivity index (χ1v) is 7.08. The van der Waals surface area contributed by atoms with Crippen molar-refractivity contribution in [2.75, 3.05) is 44.4 Å². The van der Waals surface area contributed by atoms with E-state index in [-0.39, 0.29) is 0 Å². The number of nitrogens with zero attached hydrogens (tertiary/aromatic N) is 2. The topological polar surface area (TPSA) is 6.48 Å². The highest BCUT2D eigenvalue weighted by Crippen LogP contribution is 2.30. The second-order valence-electron chi connectivity index (χ2n) is 4.11. The van der Waals surface area contributed by atoms with Crippen molar-refractivity contribution in [1.82, 2.24) is 4.90 Å². The van der Waals surface area contributed by atoms with E-state index in [1.165, 1.54) is 5.69 Å². The number of thioether (sulfide) groups is 1. The quantitative estimate of drug-likeness (QED) is 0.752. The summed E-state index contributed by atoms with van der Waals surface area (Å²) in [5, 5.41) is 0.852. The van der Waals surface area contributed by atoms with E-state index in [1.54, 1.807) is 11.8 Å². The summed E-state index contributed by atoms with van der Waals surface area (Å²) in [6.45, 7) is 4.48. The first-order valence-electron chi connectivity index (χ1n) is 5.48. The Labute approximate surface area is 107 Å². The van der Waals surface area contributed by atoms with Crippen molar-refractivity contribution >= 4 is 29.1 Å². The Morgan fingerprint density at radius 1 is 1.19 bits per heavy atom. The average molecular weight is 257 g/mol. The lowest BCUT2D eigenvalue weighted by molar-refractivity contribution is 0.313. The van der Waals surface area contributed by atoms with Crippen molar-refractivity contribution in [3.8, 4) is 0 Å². The second kappa shape index (κ2) is 5.30. The van der Waals surface area contributed by atoms with E-state index in [2.05, 4.69) is 35.2 Å². The lowest BCUT2D eigenvalue weighted by Gasteiger charge is -2.34. The van der Waals surface area contributed by atoms with Crippen LogP contribution in [0.4, 0.5) is 5.69 Å². The van der Waals surface area contributed by atoms with Crippen LogP contribution in [0.2, 0.25) is 5.02 Å². The van der Waals surface area contributed by atoms with Crippen molar-refractivity contribution in [2.45, 2.75) is 4.90 Å². The molecule has 0 aromatic heterocycles. The molecular formula is C12H17ClN2S. The Bertz CT molecular complexity index is 362. The van der Waals surface area contributed by atoms with E-state index in [9.17, 15) is 0 Å². The molecule has 0 bridgehead atoms. The van der Waals surface area contributed by atoms with Crippen LogP contribution in [-0.4, -0.2) is 44.4 Å². The molecule has 2 rings (SSSR count). The first kappa shape index (κ1) is 12.1. The maximum absolute atomic E-state index is 6.11. The SMILES string of the molecule is CSc1cc(N2CCN(C)CC2)ccc1Cl. The fourth-order valence-electron chi connectivity index (χ4n) is 1.91. The Balaban J connectivity index is 2.14. The minimum atomic E-state index is 0.852. The van der Waals surface area contributed by atoms with Crippen LogP contribution in [0, 0.1) is 0 Å². The number of likely N-dealkylation sites (N-methyl/N-ethyl adjacent to an activating group) is 1. The van der Waals surface area contributed by atoms with Gasteiger partial charge in [-0.1, -0.05) is 11.6 Å². The molecule has 1 aliphatic rings. The van der Waals surface area contributed by atoms with E-state index in [0.717, 1.165) is 36.1 Å². The van der Waals surface area contributed by atoms with Gasteiger partial charge in [0.05, 0.1) is 5.02 Å². The van der Waals surface area contributed by atoms with Crippen LogP contribution in [0.1, 0.15) is 0 Å². The van der Waals surface area contributed by atoms with Gasteiger partial charge in [0.15, 0.2) is 0 Å². The molecule has 0 aliphatic carbocycles. The monoisotopic (exact) mass is 256 g/mol. The minimum absolute atomic E-state index is 0.852. The summed E-state index contributed by atoms with van der Waals surface area (Å²) in [5.41, 5.74) is 1.29. The van der Waals surface area contributed by atoms with Crippen LogP contribution in [-0.2, 0) is 0 Å². The van der Waals surface area contributed by atoms with Gasteiger partial charge in [0.2, 0.25) is 0 Å². The van der Waals surface area contributed by atoms with Crippen molar-refractivity contribution in [2.24, 2.45) is 0 Å². The second-order valence-corrected chi connectivity index (χ2v) is 5.36. The Kier molecular flexibility index (Phi) is 4.00. The van der Waals surface area contributed by atoms with Gasteiger partial charge < -0.3 is 9.80 Å². The van der Waals surface area contributed by atoms with Crippen LogP contribution in [0.3, 0.4) is 0 Å². The molecule has 0 unspecified atom stereocenters. The first-order chi connectivity index (χ1) is 7.70. The number of piperazine rings is 1. The van der Waals surface area contributed by atoms with Gasteiger partial charge in [-0.15, -0.1) is 11.8 Å². The van der Waals surface area contributed by atoms with Gasteiger partial charge in [0.25, 0.3) is 0 Å². The zero-order chi connectivity index (χ0) is 11.5. The molecule has 16 heavy (non-hydrogen) atoms. The summed E-state index contributed by atoms with van der Waals surface area (Å²) >= 11 is 7.82. The molecule has 1 heterocycles. The van der Waals surface area contributed by atoms with Gasteiger partial charge in [-0.25, -0.2) is 0 Å². The van der Waals surface area contributed by atoms with Crippen LogP contribution in [0.15, 0.2) is 23.1 Å². The lowest BCUT2D eigenvalue weighted by atomic mass is 10.2. The maximum Gasteiger partial charge on any atom is 0.0543 e. The van der Waals surface area contributed by atoms with E-state index < -0.39 is 0 Å². The van der Waals surface area contributed by atoms with Crippen molar-refractivity contribution in [1.29, 1.82) is 0 Å². The predicted octanol–water partition coefficient (Wildman–Crippen LogP) is 2.81. The van der Waals surface area contributed by atoms with Gasteiger partial charge in [-0.3, -0.25) is 0 Å². The highest BCUT2D eigenvalue weighted by atomic mass is 35.5. The molecule has 1 aromatic carbocycles. The third-order valence-electron chi connectivity index (χ3n) is 3.00. The molecule has 0 atom stereocenters. The van der Waals surface area contributed by atoms with E-state index in [4.69, 9.17) is 11.6 Å². The number of anilines is 1. The molecular weight excluding hydrogens is 240 g/mol. The molecule has 2 nitrogen and oxygen atoms in total. The van der Waals surface area contributed by atoms with E-state index in [0.29, 0.717) is 0 Å². The van der Waals surface area contributed by atoms with Crippen LogP contribution >= 0.6 is 23.4 Å². The highest BCUT2D eigenvalue weighted by molar-refractivity contribution is 7.98. The van der Waals surface area contributed by atoms with E-state index >= 15 is 0 Å². The summed E-state index contributed by atoms with van der Waals surface area (Å²) in [7, 11) is 2.17. The standard InChI is InChI=1S/C12H17ClN2S/c1-14-5-7-15(8-6-14)10-3-4-11(13)12(9-10)16-2/h3-4,9H,5-8H2,1-2H3. The van der Waals surface area contributed by atoms with Gasteiger partial charge in [0, 0.05) is 36.8 Å². The van der Waals surface area contributed by atoms with Crippen molar-refractivity contribution in [3.63, 3.8) is 0 Å². The summed E-state index contributed by atoms with van der Waals surface area (Å²) in [5.74, 6) is 0. The predicted molar refractivity (Wildman–Crippen MR) is 72.9 cm³/mol. The summed E-state index contributed by atoms with van der Waals surface area (Å²) in [6.07, 6.45) is 2.06. The third-order valence-corrected chi connectivity index (χ3v) is 4.22. The summed E-state index contributed by atoms with van der Waals surface area (Å²) in [6, 6.07) is 6.31. The molecule has 0 radical (unpaired) electrons. The normalized spacial score (nSPS) is 17.8. The number of halogens is 1. The molecule has 0 spiro atoms. The van der Waals surface area contributed by atoms with Gasteiger partial charge >= 0.3 is 0 Å². The van der Waals surface area contributed by atoms with Gasteiger partial charge in [-0.2, -0.15) is 0 Å². The fourth-order valence-corrected chi connectivity index (χ4v) is 2.76. The Morgan fingerprint density at radius 3 is 2.50 bits per heavy atom. The average Bonchev–Trinajstić information content (AvgIpc) is 2.31. The molecule has 0 saturated carbocycles. The Morgan fingerprint density at radius 2 is 1.88 bits per heavy atom. The summed E-state index contributed by atoms with van der Waals surface area (Å²) in [4.78, 5) is 5.95. The van der Waals surface area contributed by atoms with E-state index in [1.807, 2.05) is 6.07 Å². The Hall–Kier alpha value is -0.380. The number of rotatable bonds is 2. The van der Waals surface area contributed by atoms with Crippen LogP contribution in [0.25, 0.3) is 0 Å². The molecule has 4 heteroatoms.